The first-order valence-corrected chi connectivity index (χ1v) is 15.2. The molecule has 1 amide bonds. The number of aliphatic hydroxyl groups is 1. The van der Waals surface area contributed by atoms with Crippen molar-refractivity contribution in [1.29, 1.82) is 5.26 Å². The first-order valence-electron chi connectivity index (χ1n) is 14.4. The zero-order chi connectivity index (χ0) is 30.0. The van der Waals surface area contributed by atoms with Crippen LogP contribution in [0.1, 0.15) is 23.2 Å². The number of aromatic nitrogens is 3. The minimum Gasteiger partial charge on any atom is -0.390 e. The molecule has 3 aromatic heterocycles. The Morgan fingerprint density at radius 3 is 2.63 bits per heavy atom. The number of hydrogen-bond acceptors (Lipinski definition) is 9. The smallest absolute Gasteiger partial charge is 0.230 e. The monoisotopic (exact) mass is 601 g/mol. The number of anilines is 3. The van der Waals surface area contributed by atoms with Gasteiger partial charge in [-0.3, -0.25) is 4.79 Å². The van der Waals surface area contributed by atoms with Gasteiger partial charge < -0.3 is 24.5 Å². The summed E-state index contributed by atoms with van der Waals surface area (Å²) in [4.78, 5) is 24.3. The van der Waals surface area contributed by atoms with Crippen molar-refractivity contribution in [3.8, 4) is 17.3 Å². The average molecular weight is 602 g/mol. The lowest BCUT2D eigenvalue weighted by molar-refractivity contribution is -0.152. The van der Waals surface area contributed by atoms with Gasteiger partial charge in [0.2, 0.25) is 5.91 Å². The van der Waals surface area contributed by atoms with Crippen molar-refractivity contribution in [2.75, 3.05) is 56.2 Å². The maximum absolute atomic E-state index is 13.5. The highest BCUT2D eigenvalue weighted by molar-refractivity contribution is 7.16. The van der Waals surface area contributed by atoms with E-state index >= 15 is 0 Å². The zero-order valence-electron chi connectivity index (χ0n) is 24.2. The summed E-state index contributed by atoms with van der Waals surface area (Å²) < 4.78 is 20.8. The van der Waals surface area contributed by atoms with Gasteiger partial charge in [-0.1, -0.05) is 18.3 Å². The topological polar surface area (TPSA) is 110 Å². The Morgan fingerprint density at radius 2 is 1.98 bits per heavy atom. The number of fused-ring (bicyclic) bond motifs is 1. The number of aliphatic hydroxyl groups excluding tert-OH is 1. The second-order valence-electron chi connectivity index (χ2n) is 11.9. The van der Waals surface area contributed by atoms with Crippen LogP contribution in [0.5, 0.6) is 0 Å². The van der Waals surface area contributed by atoms with Crippen LogP contribution in [0.4, 0.5) is 20.9 Å². The first kappa shape index (κ1) is 27.8. The van der Waals surface area contributed by atoms with Crippen LogP contribution < -0.4 is 9.80 Å². The molecule has 12 heteroatoms. The fourth-order valence-electron chi connectivity index (χ4n) is 6.62. The number of pyridine rings is 1. The van der Waals surface area contributed by atoms with Crippen LogP contribution in [0, 0.1) is 35.4 Å². The van der Waals surface area contributed by atoms with Gasteiger partial charge in [0, 0.05) is 55.6 Å². The van der Waals surface area contributed by atoms with Gasteiger partial charge in [-0.2, -0.15) is 10.4 Å². The Morgan fingerprint density at radius 1 is 1.23 bits per heavy atom. The summed E-state index contributed by atoms with van der Waals surface area (Å²) >= 11 is 1.30. The molecule has 0 unspecified atom stereocenters. The maximum atomic E-state index is 13.5. The van der Waals surface area contributed by atoms with Crippen LogP contribution in [0.25, 0.3) is 16.8 Å². The Hall–Kier alpha value is -4.05. The minimum absolute atomic E-state index is 0.00491. The third kappa shape index (κ3) is 4.54. The zero-order valence-corrected chi connectivity index (χ0v) is 25.1. The Balaban J connectivity index is 1.14. The SMILES string of the molecule is CCc1nn2c(C)cc(N3CC4(CN(C(=O)[C@@H]5COC[C@H]5O)C4)C3)cc2c1N(C)c1nc(-c2ccc(F)cc2)c(C#N)s1. The second-order valence-corrected chi connectivity index (χ2v) is 12.9. The lowest BCUT2D eigenvalue weighted by atomic mass is 9.72. The van der Waals surface area contributed by atoms with Crippen molar-refractivity contribution in [3.63, 3.8) is 0 Å². The highest BCUT2D eigenvalue weighted by atomic mass is 32.1. The maximum Gasteiger partial charge on any atom is 0.230 e. The molecule has 1 aromatic carbocycles. The predicted molar refractivity (Wildman–Crippen MR) is 161 cm³/mol. The molecule has 0 radical (unpaired) electrons. The quantitative estimate of drug-likeness (QED) is 0.356. The Kier molecular flexibility index (Phi) is 6.65. The third-order valence-corrected chi connectivity index (χ3v) is 9.92. The first-order chi connectivity index (χ1) is 20.7. The molecule has 4 aromatic rings. The molecule has 7 rings (SSSR count). The number of benzene rings is 1. The number of likely N-dealkylation sites (tertiary alicyclic amines) is 1. The molecule has 10 nitrogen and oxygen atoms in total. The lowest BCUT2D eigenvalue weighted by Gasteiger charge is -2.61. The van der Waals surface area contributed by atoms with Gasteiger partial charge in [0.05, 0.1) is 42.1 Å². The molecule has 2 atom stereocenters. The summed E-state index contributed by atoms with van der Waals surface area (Å²) in [5, 5.41) is 25.5. The normalized spacial score (nSPS) is 20.7. The number of rotatable bonds is 6. The van der Waals surface area contributed by atoms with Crippen LogP contribution in [0.2, 0.25) is 0 Å². The summed E-state index contributed by atoms with van der Waals surface area (Å²) in [7, 11) is 1.94. The van der Waals surface area contributed by atoms with E-state index in [4.69, 9.17) is 14.8 Å². The van der Waals surface area contributed by atoms with Crippen LogP contribution in [0.3, 0.4) is 0 Å². The molecule has 3 fully saturated rings. The van der Waals surface area contributed by atoms with E-state index in [0.29, 0.717) is 41.0 Å². The Labute approximate surface area is 252 Å². The molecule has 0 bridgehead atoms. The number of nitrogens with zero attached hydrogens (tertiary/aromatic N) is 7. The van der Waals surface area contributed by atoms with Crippen molar-refractivity contribution < 1.29 is 19.0 Å². The van der Waals surface area contributed by atoms with Crippen molar-refractivity contribution in [3.05, 3.63) is 58.5 Å². The minimum atomic E-state index is -0.710. The molecule has 3 saturated heterocycles. The Bertz CT molecular complexity index is 1760. The number of nitriles is 1. The number of aryl methyl sites for hydroxylation is 2. The second kappa shape index (κ2) is 10.3. The van der Waals surface area contributed by atoms with E-state index in [1.807, 2.05) is 28.3 Å². The molecule has 6 heterocycles. The van der Waals surface area contributed by atoms with Gasteiger partial charge in [-0.25, -0.2) is 13.9 Å². The summed E-state index contributed by atoms with van der Waals surface area (Å²) in [6.45, 7) is 7.76. The number of thiazole rings is 1. The highest BCUT2D eigenvalue weighted by Crippen LogP contribution is 2.44. The molecule has 1 N–H and O–H groups in total. The van der Waals surface area contributed by atoms with E-state index in [0.717, 1.165) is 47.8 Å². The van der Waals surface area contributed by atoms with E-state index in [2.05, 4.69) is 30.0 Å². The van der Waals surface area contributed by atoms with Crippen molar-refractivity contribution in [2.45, 2.75) is 26.4 Å². The highest BCUT2D eigenvalue weighted by Gasteiger charge is 2.54. The summed E-state index contributed by atoms with van der Waals surface area (Å²) in [5.41, 5.74) is 6.23. The van der Waals surface area contributed by atoms with Gasteiger partial charge in [0.25, 0.3) is 0 Å². The summed E-state index contributed by atoms with van der Waals surface area (Å²) in [5.74, 6) is -0.789. The average Bonchev–Trinajstić information content (AvgIpc) is 3.68. The van der Waals surface area contributed by atoms with Gasteiger partial charge in [0.1, 0.15) is 22.5 Å². The van der Waals surface area contributed by atoms with Gasteiger partial charge >= 0.3 is 0 Å². The standard InChI is InChI=1S/C31H32FN7O3S/c1-4-23-28(36(3)30-34-27(26(11-33)43-30)19-5-7-20(32)8-6-19)24-10-21(9-18(2)39(24)35-23)37-14-31(15-37)16-38(17-31)29(41)22-12-42-13-25(22)40/h5-10,22,25,40H,4,12-17H2,1-3H3/t22-,25-/m1/s1. The van der Waals surface area contributed by atoms with Crippen molar-refractivity contribution in [1.82, 2.24) is 19.5 Å². The number of ether oxygens (including phenoxy) is 1. The number of carbonyl (C=O) groups excluding carboxylic acids is 1. The fraction of sp³-hybridized carbons (Fsp3) is 0.419. The van der Waals surface area contributed by atoms with Gasteiger partial charge in [-0.15, -0.1) is 0 Å². The summed E-state index contributed by atoms with van der Waals surface area (Å²) in [6.07, 6.45) is 0.00693. The van der Waals surface area contributed by atoms with E-state index in [-0.39, 0.29) is 23.7 Å². The fourth-order valence-corrected chi connectivity index (χ4v) is 7.47. The van der Waals surface area contributed by atoms with Crippen LogP contribution >= 0.6 is 11.3 Å². The largest absolute Gasteiger partial charge is 0.390 e. The van der Waals surface area contributed by atoms with Gasteiger partial charge in [-0.05, 0) is 49.7 Å². The molecule has 3 aliphatic heterocycles. The predicted octanol–water partition coefficient (Wildman–Crippen LogP) is 3.76. The molecular weight excluding hydrogens is 569 g/mol. The molecular formula is C31H32FN7O3S. The van der Waals surface area contributed by atoms with Crippen molar-refractivity contribution in [2.24, 2.45) is 11.3 Å². The molecule has 43 heavy (non-hydrogen) atoms. The van der Waals surface area contributed by atoms with E-state index in [1.165, 1.54) is 23.5 Å². The molecule has 0 aliphatic carbocycles. The van der Waals surface area contributed by atoms with Crippen LogP contribution in [-0.4, -0.2) is 83.1 Å². The van der Waals surface area contributed by atoms with E-state index in [9.17, 15) is 19.6 Å². The van der Waals surface area contributed by atoms with Crippen LogP contribution in [0.15, 0.2) is 36.4 Å². The number of amides is 1. The molecule has 3 aliphatic rings. The van der Waals surface area contributed by atoms with Gasteiger partial charge in [0.15, 0.2) is 5.13 Å². The number of carbonyl (C=O) groups is 1. The van der Waals surface area contributed by atoms with Crippen LogP contribution in [-0.2, 0) is 16.0 Å². The van der Waals surface area contributed by atoms with E-state index in [1.54, 1.807) is 12.1 Å². The van der Waals surface area contributed by atoms with E-state index < -0.39 is 12.0 Å². The van der Waals surface area contributed by atoms with Crippen molar-refractivity contribution >= 4 is 39.3 Å². The lowest BCUT2D eigenvalue weighted by Crippen LogP contribution is -2.73. The molecule has 1 spiro atoms. The molecule has 222 valence electrons. The summed E-state index contributed by atoms with van der Waals surface area (Å²) in [6, 6.07) is 12.6. The third-order valence-electron chi connectivity index (χ3n) is 8.88. The number of halogens is 1. The number of hydrogen-bond donors (Lipinski definition) is 1. The molecule has 0 saturated carbocycles.